The van der Waals surface area contributed by atoms with Crippen LogP contribution in [-0.2, 0) is 0 Å². The second-order valence-corrected chi connectivity index (χ2v) is 4.37. The first-order valence-electron chi connectivity index (χ1n) is 5.17. The number of nitrogens with zero attached hydrogens (tertiary/aromatic N) is 2. The molecule has 0 fully saturated rings. The fraction of sp³-hybridized carbons (Fsp3) is 0. The Morgan fingerprint density at radius 1 is 1.16 bits per heavy atom. The van der Waals surface area contributed by atoms with E-state index in [0.29, 0.717) is 21.6 Å². The summed E-state index contributed by atoms with van der Waals surface area (Å²) in [6, 6.07) is 7.78. The molecule has 0 aliphatic rings. The number of hydrogen-bond donors (Lipinski definition) is 3. The summed E-state index contributed by atoms with van der Waals surface area (Å²) in [4.78, 5) is 11.9. The average Bonchev–Trinajstić information content (AvgIpc) is 2.42. The van der Waals surface area contributed by atoms with Gasteiger partial charge in [0.2, 0.25) is 0 Å². The topological polar surface area (TPSA) is 92.9 Å². The summed E-state index contributed by atoms with van der Waals surface area (Å²) in [5, 5.41) is 10.9. The van der Waals surface area contributed by atoms with Crippen LogP contribution < -0.4 is 16.6 Å². The fourth-order valence-electron chi connectivity index (χ4n) is 1.31. The number of benzene rings is 1. The van der Waals surface area contributed by atoms with Crippen LogP contribution in [0.4, 0.5) is 11.5 Å². The number of nitrogens with two attached hydrogens (primary N) is 1. The molecule has 2 aromatic rings. The molecule has 6 nitrogen and oxygen atoms in total. The highest BCUT2D eigenvalue weighted by Crippen LogP contribution is 2.25. The van der Waals surface area contributed by atoms with E-state index in [1.165, 1.54) is 18.2 Å². The number of amides is 1. The van der Waals surface area contributed by atoms with Crippen molar-refractivity contribution in [3.8, 4) is 0 Å². The maximum absolute atomic E-state index is 11.9. The Morgan fingerprint density at radius 2 is 1.95 bits per heavy atom. The van der Waals surface area contributed by atoms with Gasteiger partial charge in [-0.05, 0) is 30.3 Å². The molecular formula is C11H9Cl2N5O. The SMILES string of the molecule is NNc1ccc(C(=O)Nc2ccc(Cl)cc2Cl)nn1. The van der Waals surface area contributed by atoms with Crippen molar-refractivity contribution in [3.63, 3.8) is 0 Å². The van der Waals surface area contributed by atoms with Gasteiger partial charge in [-0.1, -0.05) is 23.2 Å². The van der Waals surface area contributed by atoms with Gasteiger partial charge < -0.3 is 10.7 Å². The van der Waals surface area contributed by atoms with E-state index in [1.54, 1.807) is 12.1 Å². The molecule has 0 aliphatic carbocycles. The van der Waals surface area contributed by atoms with E-state index in [4.69, 9.17) is 29.0 Å². The molecule has 1 amide bonds. The molecule has 0 atom stereocenters. The zero-order chi connectivity index (χ0) is 13.8. The summed E-state index contributed by atoms with van der Waals surface area (Å²) < 4.78 is 0. The number of nitrogens with one attached hydrogen (secondary N) is 2. The predicted octanol–water partition coefficient (Wildman–Crippen LogP) is 2.32. The Morgan fingerprint density at radius 3 is 2.53 bits per heavy atom. The monoisotopic (exact) mass is 297 g/mol. The van der Waals surface area contributed by atoms with Gasteiger partial charge in [0.15, 0.2) is 11.5 Å². The van der Waals surface area contributed by atoms with Gasteiger partial charge >= 0.3 is 0 Å². The fourth-order valence-corrected chi connectivity index (χ4v) is 1.76. The molecule has 8 heteroatoms. The zero-order valence-corrected chi connectivity index (χ0v) is 11.0. The summed E-state index contributed by atoms with van der Waals surface area (Å²) in [5.74, 6) is 5.08. The molecule has 0 unspecified atom stereocenters. The van der Waals surface area contributed by atoms with Crippen molar-refractivity contribution < 1.29 is 4.79 Å². The van der Waals surface area contributed by atoms with Crippen LogP contribution >= 0.6 is 23.2 Å². The maximum atomic E-state index is 11.9. The standard InChI is InChI=1S/C11H9Cl2N5O/c12-6-1-2-8(7(13)5-6)15-11(19)9-3-4-10(16-14)18-17-9/h1-5H,14H2,(H,15,19)(H,16,18). The Labute approximate surface area is 118 Å². The van der Waals surface area contributed by atoms with Crippen molar-refractivity contribution in [1.82, 2.24) is 10.2 Å². The van der Waals surface area contributed by atoms with Crippen LogP contribution in [-0.4, -0.2) is 16.1 Å². The Balaban J connectivity index is 2.15. The van der Waals surface area contributed by atoms with Gasteiger partial charge in [-0.15, -0.1) is 10.2 Å². The second-order valence-electron chi connectivity index (χ2n) is 3.53. The molecule has 0 radical (unpaired) electrons. The molecular weight excluding hydrogens is 289 g/mol. The number of anilines is 2. The minimum absolute atomic E-state index is 0.144. The largest absolute Gasteiger partial charge is 0.319 e. The summed E-state index contributed by atoms with van der Waals surface area (Å²) in [5.41, 5.74) is 2.90. The van der Waals surface area contributed by atoms with E-state index < -0.39 is 5.91 Å². The number of carbonyl (C=O) groups is 1. The van der Waals surface area contributed by atoms with Crippen molar-refractivity contribution in [2.75, 3.05) is 10.7 Å². The number of rotatable bonds is 3. The lowest BCUT2D eigenvalue weighted by Gasteiger charge is -2.07. The van der Waals surface area contributed by atoms with Gasteiger partial charge in [0.05, 0.1) is 10.7 Å². The first-order valence-corrected chi connectivity index (χ1v) is 5.92. The van der Waals surface area contributed by atoms with Gasteiger partial charge in [0.1, 0.15) is 0 Å². The number of halogens is 2. The number of carbonyl (C=O) groups excluding carboxylic acids is 1. The Kier molecular flexibility index (Phi) is 4.16. The van der Waals surface area contributed by atoms with Crippen molar-refractivity contribution >= 4 is 40.6 Å². The normalized spacial score (nSPS) is 10.1. The van der Waals surface area contributed by atoms with Gasteiger partial charge in [-0.2, -0.15) is 0 Å². The van der Waals surface area contributed by atoms with Crippen LogP contribution in [0.5, 0.6) is 0 Å². The van der Waals surface area contributed by atoms with Gasteiger partial charge in [0, 0.05) is 5.02 Å². The number of hydrazine groups is 1. The summed E-state index contributed by atoms with van der Waals surface area (Å²) >= 11 is 11.7. The van der Waals surface area contributed by atoms with Crippen LogP contribution in [0.3, 0.4) is 0 Å². The molecule has 1 aromatic heterocycles. The van der Waals surface area contributed by atoms with E-state index in [1.807, 2.05) is 0 Å². The highest BCUT2D eigenvalue weighted by molar-refractivity contribution is 6.36. The second kappa shape index (κ2) is 5.83. The molecule has 0 saturated carbocycles. The summed E-state index contributed by atoms with van der Waals surface area (Å²) in [7, 11) is 0. The maximum Gasteiger partial charge on any atom is 0.276 e. The minimum Gasteiger partial charge on any atom is -0.319 e. The number of hydrogen-bond acceptors (Lipinski definition) is 5. The highest BCUT2D eigenvalue weighted by Gasteiger charge is 2.10. The predicted molar refractivity (Wildman–Crippen MR) is 74.3 cm³/mol. The lowest BCUT2D eigenvalue weighted by Crippen LogP contribution is -2.16. The third-order valence-electron chi connectivity index (χ3n) is 2.22. The van der Waals surface area contributed by atoms with Gasteiger partial charge in [-0.25, -0.2) is 5.84 Å². The van der Waals surface area contributed by atoms with E-state index in [2.05, 4.69) is 20.9 Å². The molecule has 4 N–H and O–H groups in total. The first kappa shape index (κ1) is 13.5. The van der Waals surface area contributed by atoms with Crippen molar-refractivity contribution in [2.45, 2.75) is 0 Å². The van der Waals surface area contributed by atoms with Gasteiger partial charge in [-0.3, -0.25) is 4.79 Å². The smallest absolute Gasteiger partial charge is 0.276 e. The lowest BCUT2D eigenvalue weighted by molar-refractivity contribution is 0.102. The molecule has 1 heterocycles. The summed E-state index contributed by atoms with van der Waals surface area (Å²) in [6.07, 6.45) is 0. The van der Waals surface area contributed by atoms with Crippen LogP contribution in [0, 0.1) is 0 Å². The van der Waals surface area contributed by atoms with Crippen molar-refractivity contribution in [3.05, 3.63) is 46.1 Å². The van der Waals surface area contributed by atoms with E-state index in [-0.39, 0.29) is 5.69 Å². The molecule has 0 bridgehead atoms. The number of nitrogen functional groups attached to an aromatic ring is 1. The lowest BCUT2D eigenvalue weighted by atomic mass is 10.3. The van der Waals surface area contributed by atoms with Crippen LogP contribution in [0.2, 0.25) is 10.0 Å². The first-order chi connectivity index (χ1) is 9.10. The molecule has 0 spiro atoms. The molecule has 1 aromatic carbocycles. The van der Waals surface area contributed by atoms with Crippen molar-refractivity contribution in [1.29, 1.82) is 0 Å². The Hall–Kier alpha value is -1.89. The minimum atomic E-state index is -0.430. The van der Waals surface area contributed by atoms with Crippen LogP contribution in [0.15, 0.2) is 30.3 Å². The van der Waals surface area contributed by atoms with Crippen LogP contribution in [0.1, 0.15) is 10.5 Å². The third kappa shape index (κ3) is 3.31. The van der Waals surface area contributed by atoms with Gasteiger partial charge in [0.25, 0.3) is 5.91 Å². The molecule has 98 valence electrons. The van der Waals surface area contributed by atoms with E-state index in [9.17, 15) is 4.79 Å². The van der Waals surface area contributed by atoms with E-state index in [0.717, 1.165) is 0 Å². The summed E-state index contributed by atoms with van der Waals surface area (Å²) in [6.45, 7) is 0. The molecule has 19 heavy (non-hydrogen) atoms. The Bertz CT molecular complexity index is 603. The number of aromatic nitrogens is 2. The van der Waals surface area contributed by atoms with Crippen molar-refractivity contribution in [2.24, 2.45) is 5.84 Å². The highest BCUT2D eigenvalue weighted by atomic mass is 35.5. The van der Waals surface area contributed by atoms with E-state index >= 15 is 0 Å². The quantitative estimate of drug-likeness (QED) is 0.597. The average molecular weight is 298 g/mol. The molecule has 2 rings (SSSR count). The molecule has 0 saturated heterocycles. The third-order valence-corrected chi connectivity index (χ3v) is 2.77. The molecule has 0 aliphatic heterocycles. The zero-order valence-electron chi connectivity index (χ0n) is 9.52. The van der Waals surface area contributed by atoms with Crippen LogP contribution in [0.25, 0.3) is 0 Å².